The van der Waals surface area contributed by atoms with E-state index in [1.54, 1.807) is 49.4 Å². The Morgan fingerprint density at radius 3 is 2.76 bits per heavy atom. The molecule has 0 bridgehead atoms. The average molecular weight is 461 g/mol. The Hall–Kier alpha value is -4.15. The van der Waals surface area contributed by atoms with Gasteiger partial charge >= 0.3 is 5.97 Å². The fourth-order valence-corrected chi connectivity index (χ4v) is 4.10. The van der Waals surface area contributed by atoms with Gasteiger partial charge in [-0.2, -0.15) is 5.26 Å². The highest BCUT2D eigenvalue weighted by Crippen LogP contribution is 2.43. The highest BCUT2D eigenvalue weighted by atomic mass is 35.5. The van der Waals surface area contributed by atoms with E-state index in [9.17, 15) is 10.1 Å². The van der Waals surface area contributed by atoms with E-state index in [0.717, 1.165) is 10.9 Å². The molecule has 0 radical (unpaired) electrons. The second-order valence-corrected chi connectivity index (χ2v) is 8.09. The molecule has 0 aliphatic carbocycles. The van der Waals surface area contributed by atoms with Crippen molar-refractivity contribution in [3.63, 3.8) is 0 Å². The van der Waals surface area contributed by atoms with Crippen LogP contribution in [0.15, 0.2) is 69.0 Å². The Balaban J connectivity index is 1.48. The van der Waals surface area contributed by atoms with Crippen LogP contribution < -0.4 is 15.2 Å². The Morgan fingerprint density at radius 2 is 2.03 bits per heavy atom. The molecule has 2 aromatic heterocycles. The van der Waals surface area contributed by atoms with E-state index in [1.165, 1.54) is 6.26 Å². The van der Waals surface area contributed by atoms with E-state index in [2.05, 4.69) is 6.07 Å². The summed E-state index contributed by atoms with van der Waals surface area (Å²) >= 11 is 6.21. The largest absolute Gasteiger partial charge is 0.468 e. The molecule has 5 rings (SSSR count). The topological polar surface area (TPSA) is 112 Å². The second-order valence-electron chi connectivity index (χ2n) is 7.68. The maximum absolute atomic E-state index is 12.9. The summed E-state index contributed by atoms with van der Waals surface area (Å²) in [5.74, 6) is 0.0261. The number of esters is 1. The molecule has 7 nitrogen and oxygen atoms in total. The number of nitriles is 1. The lowest BCUT2D eigenvalue weighted by atomic mass is 9.87. The predicted octanol–water partition coefficient (Wildman–Crippen LogP) is 5.73. The van der Waals surface area contributed by atoms with Crippen LogP contribution >= 0.6 is 11.6 Å². The molecule has 8 heteroatoms. The summed E-state index contributed by atoms with van der Waals surface area (Å²) in [5.41, 5.74) is 8.94. The molecule has 2 aromatic carbocycles. The lowest BCUT2D eigenvalue weighted by Gasteiger charge is -2.25. The van der Waals surface area contributed by atoms with Crippen molar-refractivity contribution in [1.29, 1.82) is 5.26 Å². The van der Waals surface area contributed by atoms with Gasteiger partial charge in [0.15, 0.2) is 0 Å². The number of allylic oxidation sites excluding steroid dienone is 1. The molecule has 2 N–H and O–H groups in total. The Morgan fingerprint density at radius 1 is 1.21 bits per heavy atom. The molecule has 3 heterocycles. The highest BCUT2D eigenvalue weighted by Gasteiger charge is 2.33. The zero-order valence-electron chi connectivity index (χ0n) is 17.6. The van der Waals surface area contributed by atoms with Crippen molar-refractivity contribution in [2.75, 3.05) is 0 Å². The van der Waals surface area contributed by atoms with Gasteiger partial charge in [-0.3, -0.25) is 0 Å². The van der Waals surface area contributed by atoms with Crippen molar-refractivity contribution in [2.45, 2.75) is 19.8 Å². The molecule has 0 saturated carbocycles. The van der Waals surface area contributed by atoms with Gasteiger partial charge in [0.05, 0.1) is 12.2 Å². The van der Waals surface area contributed by atoms with Crippen molar-refractivity contribution in [1.82, 2.24) is 0 Å². The minimum atomic E-state index is -0.656. The zero-order valence-corrected chi connectivity index (χ0v) is 18.4. The molecule has 1 unspecified atom stereocenters. The first-order valence-electron chi connectivity index (χ1n) is 10.0. The number of ether oxygens (including phenoxy) is 2. The van der Waals surface area contributed by atoms with Crippen LogP contribution in [0, 0.1) is 25.2 Å². The lowest BCUT2D eigenvalue weighted by molar-refractivity contribution is 0.0702. The van der Waals surface area contributed by atoms with Crippen molar-refractivity contribution >= 4 is 28.5 Å². The van der Waals surface area contributed by atoms with Crippen LogP contribution in [0.2, 0.25) is 5.02 Å². The van der Waals surface area contributed by atoms with Crippen LogP contribution in [0.5, 0.6) is 11.5 Å². The van der Waals surface area contributed by atoms with Gasteiger partial charge in [-0.15, -0.1) is 0 Å². The van der Waals surface area contributed by atoms with Gasteiger partial charge < -0.3 is 24.0 Å². The molecule has 0 spiro atoms. The number of fused-ring (bicyclic) bond motifs is 2. The molecule has 33 heavy (non-hydrogen) atoms. The Kier molecular flexibility index (Phi) is 4.88. The van der Waals surface area contributed by atoms with Crippen molar-refractivity contribution < 1.29 is 23.1 Å². The number of benzene rings is 2. The fourth-order valence-electron chi connectivity index (χ4n) is 3.94. The summed E-state index contributed by atoms with van der Waals surface area (Å²) in [6, 6.07) is 14.0. The molecule has 0 amide bonds. The van der Waals surface area contributed by atoms with E-state index in [-0.39, 0.29) is 23.0 Å². The maximum Gasteiger partial charge on any atom is 0.379 e. The summed E-state index contributed by atoms with van der Waals surface area (Å²) in [6.07, 6.45) is 1.52. The number of nitrogens with zero attached hydrogens (tertiary/aromatic N) is 1. The molecule has 1 atom stereocenters. The smallest absolute Gasteiger partial charge is 0.379 e. The van der Waals surface area contributed by atoms with Gasteiger partial charge in [-0.05, 0) is 49.7 Å². The van der Waals surface area contributed by atoms with Crippen molar-refractivity contribution in [3.05, 3.63) is 93.4 Å². The number of rotatable bonds is 3. The predicted molar refractivity (Wildman–Crippen MR) is 120 cm³/mol. The first-order valence-corrected chi connectivity index (χ1v) is 10.4. The number of hydrogen-bond donors (Lipinski definition) is 1. The fraction of sp³-hybridized carbons (Fsp3) is 0.120. The summed E-state index contributed by atoms with van der Waals surface area (Å²) in [6.45, 7) is 3.63. The number of carbonyl (C=O) groups excluding carboxylic acids is 1. The third-order valence-electron chi connectivity index (χ3n) is 5.63. The molecular weight excluding hydrogens is 444 g/mol. The van der Waals surface area contributed by atoms with Crippen LogP contribution in [-0.2, 0) is 0 Å². The Labute approximate surface area is 193 Å². The number of carbonyl (C=O) groups is 1. The van der Waals surface area contributed by atoms with Gasteiger partial charge in [0.1, 0.15) is 34.5 Å². The zero-order chi connectivity index (χ0) is 23.3. The van der Waals surface area contributed by atoms with Gasteiger partial charge in [0.25, 0.3) is 0 Å². The van der Waals surface area contributed by atoms with Crippen LogP contribution in [0.4, 0.5) is 0 Å². The van der Waals surface area contributed by atoms with E-state index in [4.69, 9.17) is 35.6 Å². The number of furan rings is 2. The quantitative estimate of drug-likeness (QED) is 0.306. The second kappa shape index (κ2) is 7.76. The first kappa shape index (κ1) is 20.7. The van der Waals surface area contributed by atoms with E-state index in [1.807, 2.05) is 6.92 Å². The van der Waals surface area contributed by atoms with E-state index < -0.39 is 11.9 Å². The summed E-state index contributed by atoms with van der Waals surface area (Å²) in [5, 5.41) is 10.9. The SMILES string of the molecule is Cc1cc2oc(C(=O)Oc3ccc4c(c3)OC(N)=C(C#N)C4c3ccco3)c(C)c2cc1Cl. The highest BCUT2D eigenvalue weighted by molar-refractivity contribution is 6.32. The number of aryl methyl sites for hydroxylation is 2. The van der Waals surface area contributed by atoms with Crippen LogP contribution in [0.3, 0.4) is 0 Å². The molecular formula is C25H17ClN2O5. The molecule has 0 saturated heterocycles. The minimum absolute atomic E-state index is 0.0322. The minimum Gasteiger partial charge on any atom is -0.468 e. The van der Waals surface area contributed by atoms with Crippen LogP contribution in [-0.4, -0.2) is 5.97 Å². The monoisotopic (exact) mass is 460 g/mol. The summed E-state index contributed by atoms with van der Waals surface area (Å²) in [4.78, 5) is 12.9. The van der Waals surface area contributed by atoms with Crippen molar-refractivity contribution in [3.8, 4) is 17.6 Å². The van der Waals surface area contributed by atoms with E-state index in [0.29, 0.717) is 33.2 Å². The Bertz CT molecular complexity index is 1490. The lowest BCUT2D eigenvalue weighted by Crippen LogP contribution is -2.21. The number of halogens is 1. The van der Waals surface area contributed by atoms with Crippen molar-refractivity contribution in [2.24, 2.45) is 5.73 Å². The van der Waals surface area contributed by atoms with Gasteiger partial charge in [-0.1, -0.05) is 17.7 Å². The normalized spacial score (nSPS) is 15.2. The molecule has 0 fully saturated rings. The van der Waals surface area contributed by atoms with Gasteiger partial charge in [-0.25, -0.2) is 4.79 Å². The van der Waals surface area contributed by atoms with Crippen LogP contribution in [0.1, 0.15) is 38.9 Å². The molecule has 1 aliphatic heterocycles. The number of hydrogen-bond acceptors (Lipinski definition) is 7. The van der Waals surface area contributed by atoms with E-state index >= 15 is 0 Å². The molecule has 4 aromatic rings. The number of nitrogens with two attached hydrogens (primary N) is 1. The maximum atomic E-state index is 12.9. The van der Waals surface area contributed by atoms with Gasteiger partial charge in [0.2, 0.25) is 11.6 Å². The first-order chi connectivity index (χ1) is 15.9. The summed E-state index contributed by atoms with van der Waals surface area (Å²) in [7, 11) is 0. The molecule has 164 valence electrons. The average Bonchev–Trinajstić information content (AvgIpc) is 3.42. The summed E-state index contributed by atoms with van der Waals surface area (Å²) < 4.78 is 22.5. The van der Waals surface area contributed by atoms with Crippen LogP contribution in [0.25, 0.3) is 11.0 Å². The third-order valence-corrected chi connectivity index (χ3v) is 6.04. The molecule has 1 aliphatic rings. The van der Waals surface area contributed by atoms with Gasteiger partial charge in [0, 0.05) is 27.6 Å². The standard InChI is InChI=1S/C25H17ClN2O5/c1-12-8-20-16(10-18(12)26)13(2)23(32-20)25(29)31-14-5-6-15-21(9-14)33-24(28)17(11-27)22(15)19-4-3-7-30-19/h3-10,22H,28H2,1-2H3. The third kappa shape index (κ3) is 3.41.